The Morgan fingerprint density at radius 2 is 1.61 bits per heavy atom. The Bertz CT molecular complexity index is 420. The quantitative estimate of drug-likeness (QED) is 0.892. The topological polar surface area (TPSA) is 39.7 Å². The molecule has 1 N–H and O–H groups in total. The highest BCUT2D eigenvalue weighted by molar-refractivity contribution is 5.52. The zero-order chi connectivity index (χ0) is 13.1. The monoisotopic (exact) mass is 251 g/mol. The van der Waals surface area contributed by atoms with E-state index in [4.69, 9.17) is 14.2 Å². The summed E-state index contributed by atoms with van der Waals surface area (Å²) in [6.07, 6.45) is 1.12. The highest BCUT2D eigenvalue weighted by Gasteiger charge is 2.26. The van der Waals surface area contributed by atoms with Gasteiger partial charge in [0.2, 0.25) is 0 Å². The molecule has 0 amide bonds. The van der Waals surface area contributed by atoms with Crippen LogP contribution >= 0.6 is 0 Å². The van der Waals surface area contributed by atoms with E-state index in [2.05, 4.69) is 12.2 Å². The second-order valence-electron chi connectivity index (χ2n) is 4.75. The molecular weight excluding hydrogens is 230 g/mol. The number of nitrogens with one attached hydrogen (secondary N) is 1. The van der Waals surface area contributed by atoms with E-state index in [0.29, 0.717) is 17.7 Å². The molecule has 1 heterocycles. The molecule has 1 aliphatic heterocycles. The van der Waals surface area contributed by atoms with Gasteiger partial charge in [-0.1, -0.05) is 6.92 Å². The fourth-order valence-electron chi connectivity index (χ4n) is 2.47. The van der Waals surface area contributed by atoms with Crippen molar-refractivity contribution in [3.8, 4) is 17.2 Å². The molecule has 1 aliphatic rings. The van der Waals surface area contributed by atoms with Crippen LogP contribution in [0.5, 0.6) is 17.2 Å². The smallest absolute Gasteiger partial charge is 0.164 e. The van der Waals surface area contributed by atoms with Gasteiger partial charge in [-0.05, 0) is 24.9 Å². The lowest BCUT2D eigenvalue weighted by Crippen LogP contribution is -2.14. The molecule has 2 unspecified atom stereocenters. The molecule has 18 heavy (non-hydrogen) atoms. The first kappa shape index (κ1) is 13.0. The van der Waals surface area contributed by atoms with E-state index in [-0.39, 0.29) is 0 Å². The van der Waals surface area contributed by atoms with E-state index in [0.717, 1.165) is 30.0 Å². The Morgan fingerprint density at radius 1 is 1.00 bits per heavy atom. The third kappa shape index (κ3) is 2.38. The Balaban J connectivity index is 2.38. The van der Waals surface area contributed by atoms with Gasteiger partial charge < -0.3 is 19.5 Å². The minimum absolute atomic E-state index is 0.328. The highest BCUT2D eigenvalue weighted by atomic mass is 16.5. The van der Waals surface area contributed by atoms with E-state index in [1.807, 2.05) is 12.1 Å². The predicted molar refractivity (Wildman–Crippen MR) is 70.6 cm³/mol. The third-order valence-corrected chi connectivity index (χ3v) is 3.46. The molecule has 0 spiro atoms. The fraction of sp³-hybridized carbons (Fsp3) is 0.571. The van der Waals surface area contributed by atoms with Crippen molar-refractivity contribution in [2.45, 2.75) is 19.4 Å². The van der Waals surface area contributed by atoms with E-state index in [9.17, 15) is 0 Å². The standard InChI is InChI=1S/C14H21NO3/c1-9-5-11(15-8-9)10-6-13(17-3)14(18-4)7-12(10)16-2/h6-7,9,11,15H,5,8H2,1-4H3. The number of rotatable bonds is 4. The predicted octanol–water partition coefficient (Wildman–Crippen LogP) is 2.38. The number of hydrogen-bond acceptors (Lipinski definition) is 4. The summed E-state index contributed by atoms with van der Waals surface area (Å²) in [4.78, 5) is 0. The van der Waals surface area contributed by atoms with Crippen LogP contribution < -0.4 is 19.5 Å². The van der Waals surface area contributed by atoms with Crippen LogP contribution in [0.15, 0.2) is 12.1 Å². The molecule has 1 fully saturated rings. The van der Waals surface area contributed by atoms with Crippen molar-refractivity contribution in [1.82, 2.24) is 5.32 Å². The average Bonchev–Trinajstić information content (AvgIpc) is 2.83. The van der Waals surface area contributed by atoms with E-state index in [1.54, 1.807) is 21.3 Å². The molecule has 1 aromatic carbocycles. The maximum atomic E-state index is 5.46. The Kier molecular flexibility index (Phi) is 3.97. The van der Waals surface area contributed by atoms with Gasteiger partial charge in [-0.2, -0.15) is 0 Å². The lowest BCUT2D eigenvalue weighted by atomic mass is 10.00. The van der Waals surface area contributed by atoms with Crippen LogP contribution in [-0.2, 0) is 0 Å². The lowest BCUT2D eigenvalue weighted by Gasteiger charge is -2.18. The number of benzene rings is 1. The van der Waals surface area contributed by atoms with Crippen molar-refractivity contribution in [3.63, 3.8) is 0 Å². The molecular formula is C14H21NO3. The van der Waals surface area contributed by atoms with Crippen molar-refractivity contribution in [2.24, 2.45) is 5.92 Å². The molecule has 0 bridgehead atoms. The van der Waals surface area contributed by atoms with E-state index in [1.165, 1.54) is 0 Å². The van der Waals surface area contributed by atoms with Crippen LogP contribution in [0, 0.1) is 5.92 Å². The molecule has 0 radical (unpaired) electrons. The zero-order valence-corrected chi connectivity index (χ0v) is 11.4. The summed E-state index contributed by atoms with van der Waals surface area (Å²) in [6, 6.07) is 4.22. The summed E-state index contributed by atoms with van der Waals surface area (Å²) in [5, 5.41) is 3.51. The Labute approximate surface area is 108 Å². The minimum atomic E-state index is 0.328. The number of ether oxygens (including phenoxy) is 3. The van der Waals surface area contributed by atoms with Gasteiger partial charge in [0.05, 0.1) is 21.3 Å². The van der Waals surface area contributed by atoms with Crippen LogP contribution in [0.3, 0.4) is 0 Å². The SMILES string of the molecule is COc1cc(OC)c(C2CC(C)CN2)cc1OC. The Hall–Kier alpha value is -1.42. The first-order chi connectivity index (χ1) is 8.69. The lowest BCUT2D eigenvalue weighted by molar-refractivity contribution is 0.345. The van der Waals surface area contributed by atoms with E-state index < -0.39 is 0 Å². The van der Waals surface area contributed by atoms with Gasteiger partial charge in [-0.15, -0.1) is 0 Å². The average molecular weight is 251 g/mol. The highest BCUT2D eigenvalue weighted by Crippen LogP contribution is 2.40. The second-order valence-corrected chi connectivity index (χ2v) is 4.75. The van der Waals surface area contributed by atoms with Gasteiger partial charge >= 0.3 is 0 Å². The van der Waals surface area contributed by atoms with Gasteiger partial charge in [0.15, 0.2) is 11.5 Å². The summed E-state index contributed by atoms with van der Waals surface area (Å²) in [5.41, 5.74) is 1.14. The van der Waals surface area contributed by atoms with E-state index >= 15 is 0 Å². The molecule has 4 nitrogen and oxygen atoms in total. The first-order valence-electron chi connectivity index (χ1n) is 6.22. The van der Waals surface area contributed by atoms with Gasteiger partial charge in [0.25, 0.3) is 0 Å². The number of methoxy groups -OCH3 is 3. The summed E-state index contributed by atoms with van der Waals surface area (Å²) in [6.45, 7) is 3.29. The molecule has 0 saturated carbocycles. The molecule has 100 valence electrons. The number of hydrogen-bond donors (Lipinski definition) is 1. The van der Waals surface area contributed by atoms with Crippen molar-refractivity contribution in [1.29, 1.82) is 0 Å². The van der Waals surface area contributed by atoms with Gasteiger partial charge in [-0.25, -0.2) is 0 Å². The maximum absolute atomic E-state index is 5.46. The summed E-state index contributed by atoms with van der Waals surface area (Å²) in [5.74, 6) is 2.98. The second kappa shape index (κ2) is 5.48. The van der Waals surface area contributed by atoms with Gasteiger partial charge in [0, 0.05) is 17.7 Å². The summed E-state index contributed by atoms with van der Waals surface area (Å²) >= 11 is 0. The minimum Gasteiger partial charge on any atom is -0.496 e. The first-order valence-corrected chi connectivity index (χ1v) is 6.22. The molecule has 0 aromatic heterocycles. The van der Waals surface area contributed by atoms with Crippen LogP contribution in [-0.4, -0.2) is 27.9 Å². The molecule has 4 heteroatoms. The van der Waals surface area contributed by atoms with Crippen LogP contribution in [0.2, 0.25) is 0 Å². The molecule has 1 saturated heterocycles. The molecule has 0 aliphatic carbocycles. The van der Waals surface area contributed by atoms with Crippen LogP contribution in [0.25, 0.3) is 0 Å². The van der Waals surface area contributed by atoms with Gasteiger partial charge in [-0.3, -0.25) is 0 Å². The Morgan fingerprint density at radius 3 is 2.11 bits per heavy atom. The summed E-state index contributed by atoms with van der Waals surface area (Å²) < 4.78 is 16.1. The summed E-state index contributed by atoms with van der Waals surface area (Å²) in [7, 11) is 4.97. The molecule has 2 atom stereocenters. The van der Waals surface area contributed by atoms with Gasteiger partial charge in [0.1, 0.15) is 5.75 Å². The molecule has 1 aromatic rings. The van der Waals surface area contributed by atoms with Crippen molar-refractivity contribution < 1.29 is 14.2 Å². The third-order valence-electron chi connectivity index (χ3n) is 3.46. The normalized spacial score (nSPS) is 22.9. The zero-order valence-electron chi connectivity index (χ0n) is 11.4. The van der Waals surface area contributed by atoms with Crippen LogP contribution in [0.1, 0.15) is 24.9 Å². The largest absolute Gasteiger partial charge is 0.496 e. The molecule has 2 rings (SSSR count). The van der Waals surface area contributed by atoms with Crippen LogP contribution in [0.4, 0.5) is 0 Å². The maximum Gasteiger partial charge on any atom is 0.164 e. The van der Waals surface area contributed by atoms with Crippen molar-refractivity contribution in [2.75, 3.05) is 27.9 Å². The van der Waals surface area contributed by atoms with Crippen molar-refractivity contribution in [3.05, 3.63) is 17.7 Å². The van der Waals surface area contributed by atoms with Crippen molar-refractivity contribution >= 4 is 0 Å². The fourth-order valence-corrected chi connectivity index (χ4v) is 2.47.